The van der Waals surface area contributed by atoms with E-state index in [1.54, 1.807) is 49.6 Å². The van der Waals surface area contributed by atoms with E-state index in [9.17, 15) is 9.59 Å². The van der Waals surface area contributed by atoms with Gasteiger partial charge in [0.05, 0.1) is 14.2 Å². The first kappa shape index (κ1) is 18.0. The fraction of sp³-hybridized carbons (Fsp3) is 0.222. The van der Waals surface area contributed by atoms with Crippen molar-refractivity contribution in [1.82, 2.24) is 5.32 Å². The fourth-order valence-electron chi connectivity index (χ4n) is 2.23. The van der Waals surface area contributed by atoms with Gasteiger partial charge in [-0.1, -0.05) is 34.1 Å². The van der Waals surface area contributed by atoms with Crippen LogP contribution >= 0.6 is 15.9 Å². The highest BCUT2D eigenvalue weighted by Gasteiger charge is 2.24. The predicted octanol–water partition coefficient (Wildman–Crippen LogP) is 3.41. The lowest BCUT2D eigenvalue weighted by atomic mass is 10.1. The molecule has 126 valence electrons. The summed E-state index contributed by atoms with van der Waals surface area (Å²) in [5.74, 6) is -0.308. The molecule has 24 heavy (non-hydrogen) atoms. The summed E-state index contributed by atoms with van der Waals surface area (Å²) in [7, 11) is 2.83. The van der Waals surface area contributed by atoms with Crippen molar-refractivity contribution in [2.75, 3.05) is 14.2 Å². The standard InChI is InChI=1S/C18H18BrNO4/c1-11-4-5-13(10-15(11)23-2)17(21)20-16(18(22)24-3)12-6-8-14(19)9-7-12/h4-10,16H,1-3H3,(H,20,21)/t16-/m1/s1. The summed E-state index contributed by atoms with van der Waals surface area (Å²) >= 11 is 3.34. The van der Waals surface area contributed by atoms with Gasteiger partial charge in [-0.05, 0) is 42.3 Å². The Hall–Kier alpha value is -2.34. The van der Waals surface area contributed by atoms with E-state index < -0.39 is 12.0 Å². The zero-order valence-electron chi connectivity index (χ0n) is 13.6. The van der Waals surface area contributed by atoms with Crippen LogP contribution in [-0.4, -0.2) is 26.1 Å². The van der Waals surface area contributed by atoms with E-state index >= 15 is 0 Å². The normalized spacial score (nSPS) is 11.5. The lowest BCUT2D eigenvalue weighted by Crippen LogP contribution is -2.34. The van der Waals surface area contributed by atoms with Crippen molar-refractivity contribution in [3.63, 3.8) is 0 Å². The van der Waals surface area contributed by atoms with E-state index in [0.717, 1.165) is 10.0 Å². The maximum atomic E-state index is 12.5. The molecular formula is C18H18BrNO4. The first-order valence-corrected chi connectivity index (χ1v) is 8.04. The highest BCUT2D eigenvalue weighted by atomic mass is 79.9. The number of methoxy groups -OCH3 is 2. The Morgan fingerprint density at radius 1 is 1.08 bits per heavy atom. The summed E-state index contributed by atoms with van der Waals surface area (Å²) in [5.41, 5.74) is 1.97. The molecule has 0 aromatic heterocycles. The number of halogens is 1. The third-order valence-corrected chi connectivity index (χ3v) is 4.11. The molecule has 0 saturated heterocycles. The van der Waals surface area contributed by atoms with Crippen LogP contribution in [-0.2, 0) is 9.53 Å². The molecule has 0 aliphatic heterocycles. The predicted molar refractivity (Wildman–Crippen MR) is 94.1 cm³/mol. The molecule has 0 radical (unpaired) electrons. The molecule has 1 amide bonds. The van der Waals surface area contributed by atoms with Gasteiger partial charge in [-0.15, -0.1) is 0 Å². The van der Waals surface area contributed by atoms with Gasteiger partial charge in [0, 0.05) is 10.0 Å². The highest BCUT2D eigenvalue weighted by molar-refractivity contribution is 9.10. The Morgan fingerprint density at radius 2 is 1.75 bits per heavy atom. The minimum absolute atomic E-state index is 0.383. The van der Waals surface area contributed by atoms with Gasteiger partial charge in [0.15, 0.2) is 6.04 Å². The Labute approximate surface area is 149 Å². The van der Waals surface area contributed by atoms with Gasteiger partial charge in [0.1, 0.15) is 5.75 Å². The van der Waals surface area contributed by atoms with Gasteiger partial charge in [0.2, 0.25) is 0 Å². The fourth-order valence-corrected chi connectivity index (χ4v) is 2.49. The van der Waals surface area contributed by atoms with E-state index in [1.807, 2.05) is 6.92 Å². The molecule has 0 bridgehead atoms. The van der Waals surface area contributed by atoms with Crippen LogP contribution in [0.5, 0.6) is 5.75 Å². The molecule has 0 saturated carbocycles. The number of nitrogens with one attached hydrogen (secondary N) is 1. The maximum absolute atomic E-state index is 12.5. The van der Waals surface area contributed by atoms with Crippen molar-refractivity contribution in [2.24, 2.45) is 0 Å². The number of carbonyl (C=O) groups excluding carboxylic acids is 2. The molecule has 2 aromatic carbocycles. The molecule has 0 aliphatic carbocycles. The molecule has 5 nitrogen and oxygen atoms in total. The van der Waals surface area contributed by atoms with Crippen LogP contribution in [0.4, 0.5) is 0 Å². The van der Waals surface area contributed by atoms with E-state index in [2.05, 4.69) is 21.2 Å². The average Bonchev–Trinajstić information content (AvgIpc) is 2.60. The summed E-state index contributed by atoms with van der Waals surface area (Å²) in [6, 6.07) is 11.3. The number of ether oxygens (including phenoxy) is 2. The minimum Gasteiger partial charge on any atom is -0.496 e. The van der Waals surface area contributed by atoms with Crippen molar-refractivity contribution in [3.8, 4) is 5.75 Å². The minimum atomic E-state index is -0.886. The Balaban J connectivity index is 2.27. The van der Waals surface area contributed by atoms with Gasteiger partial charge in [-0.2, -0.15) is 0 Å². The zero-order valence-corrected chi connectivity index (χ0v) is 15.2. The molecular weight excluding hydrogens is 374 g/mol. The average molecular weight is 392 g/mol. The number of hydrogen-bond acceptors (Lipinski definition) is 4. The number of benzene rings is 2. The van der Waals surface area contributed by atoms with Crippen LogP contribution < -0.4 is 10.1 Å². The van der Waals surface area contributed by atoms with Crippen molar-refractivity contribution in [2.45, 2.75) is 13.0 Å². The molecule has 2 aromatic rings. The van der Waals surface area contributed by atoms with E-state index in [0.29, 0.717) is 16.9 Å². The monoisotopic (exact) mass is 391 g/mol. The smallest absolute Gasteiger partial charge is 0.333 e. The second-order valence-corrected chi connectivity index (χ2v) is 6.08. The van der Waals surface area contributed by atoms with E-state index in [4.69, 9.17) is 9.47 Å². The van der Waals surface area contributed by atoms with E-state index in [1.165, 1.54) is 7.11 Å². The molecule has 0 fully saturated rings. The van der Waals surface area contributed by atoms with Crippen molar-refractivity contribution in [1.29, 1.82) is 0 Å². The third kappa shape index (κ3) is 4.14. The second kappa shape index (κ2) is 7.97. The number of rotatable bonds is 5. The van der Waals surface area contributed by atoms with Crippen molar-refractivity contribution >= 4 is 27.8 Å². The Morgan fingerprint density at radius 3 is 2.33 bits per heavy atom. The summed E-state index contributed by atoms with van der Waals surface area (Å²) in [5, 5.41) is 2.71. The van der Waals surface area contributed by atoms with Crippen molar-refractivity contribution < 1.29 is 19.1 Å². The first-order valence-electron chi connectivity index (χ1n) is 7.25. The number of carbonyl (C=O) groups is 2. The molecule has 2 rings (SSSR count). The maximum Gasteiger partial charge on any atom is 0.333 e. The lowest BCUT2D eigenvalue weighted by molar-refractivity contribution is -0.143. The Bertz CT molecular complexity index is 743. The van der Waals surface area contributed by atoms with Crippen LogP contribution in [0.25, 0.3) is 0 Å². The van der Waals surface area contributed by atoms with E-state index in [-0.39, 0.29) is 5.91 Å². The van der Waals surface area contributed by atoms with Crippen molar-refractivity contribution in [3.05, 3.63) is 63.6 Å². The second-order valence-electron chi connectivity index (χ2n) is 5.17. The third-order valence-electron chi connectivity index (χ3n) is 3.59. The zero-order chi connectivity index (χ0) is 17.7. The molecule has 0 aliphatic rings. The molecule has 1 atom stereocenters. The topological polar surface area (TPSA) is 64.6 Å². The summed E-state index contributed by atoms with van der Waals surface area (Å²) in [6.07, 6.45) is 0. The quantitative estimate of drug-likeness (QED) is 0.793. The summed E-state index contributed by atoms with van der Waals surface area (Å²) in [6.45, 7) is 1.89. The summed E-state index contributed by atoms with van der Waals surface area (Å²) < 4.78 is 10.9. The molecule has 6 heteroatoms. The van der Waals surface area contributed by atoms with Gasteiger partial charge in [-0.25, -0.2) is 4.79 Å². The van der Waals surface area contributed by atoms with Gasteiger partial charge in [-0.3, -0.25) is 4.79 Å². The lowest BCUT2D eigenvalue weighted by Gasteiger charge is -2.17. The van der Waals surface area contributed by atoms with Crippen LogP contribution in [0.1, 0.15) is 27.5 Å². The van der Waals surface area contributed by atoms with Crippen LogP contribution in [0, 0.1) is 6.92 Å². The van der Waals surface area contributed by atoms with Gasteiger partial charge in [0.25, 0.3) is 5.91 Å². The summed E-state index contributed by atoms with van der Waals surface area (Å²) in [4.78, 5) is 24.6. The molecule has 0 heterocycles. The van der Waals surface area contributed by atoms with Crippen LogP contribution in [0.15, 0.2) is 46.9 Å². The Kier molecular flexibility index (Phi) is 5.98. The number of aryl methyl sites for hydroxylation is 1. The molecule has 0 spiro atoms. The van der Waals surface area contributed by atoms with Crippen LogP contribution in [0.2, 0.25) is 0 Å². The SMILES string of the molecule is COC(=O)[C@H](NC(=O)c1ccc(C)c(OC)c1)c1ccc(Br)cc1. The van der Waals surface area contributed by atoms with Crippen LogP contribution in [0.3, 0.4) is 0 Å². The largest absolute Gasteiger partial charge is 0.496 e. The highest BCUT2D eigenvalue weighted by Crippen LogP contribution is 2.21. The first-order chi connectivity index (χ1) is 11.5. The van der Waals surface area contributed by atoms with Gasteiger partial charge < -0.3 is 14.8 Å². The van der Waals surface area contributed by atoms with Gasteiger partial charge >= 0.3 is 5.97 Å². The number of esters is 1. The molecule has 0 unspecified atom stereocenters. The number of hydrogen-bond donors (Lipinski definition) is 1. The number of amides is 1. The molecule has 1 N–H and O–H groups in total.